The number of halogens is 6. The zero-order valence-electron chi connectivity index (χ0n) is 11.3. The summed E-state index contributed by atoms with van der Waals surface area (Å²) in [6.45, 7) is 0. The van der Waals surface area contributed by atoms with E-state index in [0.29, 0.717) is 0 Å². The molecule has 0 atom stereocenters. The smallest absolute Gasteiger partial charge is 0.261 e. The minimum absolute atomic E-state index is 0.0276. The second-order valence-electron chi connectivity index (χ2n) is 4.25. The average Bonchev–Trinajstić information content (AvgIpc) is 2.50. The summed E-state index contributed by atoms with van der Waals surface area (Å²) in [7, 11) is 0.829. The van der Waals surface area contributed by atoms with Crippen LogP contribution in [0.3, 0.4) is 0 Å². The Bertz CT molecular complexity index is 770. The molecule has 122 valence electrons. The van der Waals surface area contributed by atoms with Gasteiger partial charge in [-0.25, -0.2) is 8.78 Å². The molecular formula is C14H7Cl2F4NO2. The molecule has 9 heteroatoms. The summed E-state index contributed by atoms with van der Waals surface area (Å²) >= 11 is 11.4. The van der Waals surface area contributed by atoms with Crippen LogP contribution in [0, 0.1) is 23.3 Å². The summed E-state index contributed by atoms with van der Waals surface area (Å²) in [4.78, 5) is 11.9. The van der Waals surface area contributed by atoms with Crippen molar-refractivity contribution in [2.24, 2.45) is 0 Å². The van der Waals surface area contributed by atoms with Gasteiger partial charge in [-0.05, 0) is 18.2 Å². The molecule has 0 aromatic heterocycles. The van der Waals surface area contributed by atoms with E-state index in [-0.39, 0.29) is 15.7 Å². The zero-order chi connectivity index (χ0) is 17.3. The fourth-order valence-corrected chi connectivity index (χ4v) is 2.06. The molecule has 0 fully saturated rings. The fourth-order valence-electron chi connectivity index (χ4n) is 1.76. The minimum atomic E-state index is -1.88. The standard InChI is InChI=1S/C14H7Cl2F4NO2/c1-23-13-11(19)9(17)8(10(18)12(13)20)14(22)21-5-2-3-6(15)7(16)4-5/h2-4H,1H3,(H,21,22). The molecule has 0 aliphatic carbocycles. The molecule has 1 N–H and O–H groups in total. The summed E-state index contributed by atoms with van der Waals surface area (Å²) in [5, 5.41) is 2.31. The number of carbonyl (C=O) groups is 1. The maximum Gasteiger partial charge on any atom is 0.261 e. The van der Waals surface area contributed by atoms with Crippen molar-refractivity contribution < 1.29 is 27.1 Å². The monoisotopic (exact) mass is 367 g/mol. The highest BCUT2D eigenvalue weighted by molar-refractivity contribution is 6.42. The number of ether oxygens (including phenoxy) is 1. The third-order valence-corrected chi connectivity index (χ3v) is 3.57. The molecule has 2 aromatic carbocycles. The lowest BCUT2D eigenvalue weighted by Gasteiger charge is -2.11. The van der Waals surface area contributed by atoms with Crippen LogP contribution < -0.4 is 10.1 Å². The largest absolute Gasteiger partial charge is 0.491 e. The first-order valence-corrected chi connectivity index (χ1v) is 6.69. The van der Waals surface area contributed by atoms with Crippen LogP contribution in [-0.2, 0) is 0 Å². The number of hydrogen-bond donors (Lipinski definition) is 1. The van der Waals surface area contributed by atoms with E-state index in [1.165, 1.54) is 18.2 Å². The van der Waals surface area contributed by atoms with Gasteiger partial charge in [0.15, 0.2) is 17.4 Å². The summed E-state index contributed by atoms with van der Waals surface area (Å²) in [5.74, 6) is -10.0. The van der Waals surface area contributed by atoms with Crippen molar-refractivity contribution in [3.8, 4) is 5.75 Å². The van der Waals surface area contributed by atoms with Gasteiger partial charge in [0, 0.05) is 5.69 Å². The van der Waals surface area contributed by atoms with Crippen LogP contribution in [0.2, 0.25) is 10.0 Å². The van der Waals surface area contributed by atoms with E-state index in [1.54, 1.807) is 0 Å². The summed E-state index contributed by atoms with van der Waals surface area (Å²) in [6, 6.07) is 3.81. The van der Waals surface area contributed by atoms with E-state index >= 15 is 0 Å². The molecule has 0 heterocycles. The topological polar surface area (TPSA) is 38.3 Å². The molecule has 1 amide bonds. The van der Waals surface area contributed by atoms with Crippen molar-refractivity contribution in [2.45, 2.75) is 0 Å². The van der Waals surface area contributed by atoms with Crippen molar-refractivity contribution in [3.63, 3.8) is 0 Å². The number of carbonyl (C=O) groups excluding carboxylic acids is 1. The van der Waals surface area contributed by atoms with Crippen LogP contribution in [0.5, 0.6) is 5.75 Å². The predicted octanol–water partition coefficient (Wildman–Crippen LogP) is 4.81. The molecule has 0 aliphatic heterocycles. The molecule has 0 bridgehead atoms. The van der Waals surface area contributed by atoms with E-state index in [0.717, 1.165) is 7.11 Å². The van der Waals surface area contributed by atoms with Crippen LogP contribution >= 0.6 is 23.2 Å². The third-order valence-electron chi connectivity index (χ3n) is 2.83. The molecule has 2 rings (SSSR count). The van der Waals surface area contributed by atoms with Crippen LogP contribution in [0.4, 0.5) is 23.2 Å². The Morgan fingerprint density at radius 2 is 1.57 bits per heavy atom. The number of anilines is 1. The fraction of sp³-hybridized carbons (Fsp3) is 0.0714. The second-order valence-corrected chi connectivity index (χ2v) is 5.06. The molecule has 0 saturated carbocycles. The molecule has 0 aliphatic rings. The summed E-state index contributed by atoms with van der Waals surface area (Å²) in [6.07, 6.45) is 0. The van der Waals surface area contributed by atoms with Gasteiger partial charge in [0.2, 0.25) is 11.6 Å². The molecule has 0 spiro atoms. The normalized spacial score (nSPS) is 10.6. The van der Waals surface area contributed by atoms with Gasteiger partial charge in [-0.3, -0.25) is 4.79 Å². The van der Waals surface area contributed by atoms with Crippen LogP contribution in [0.25, 0.3) is 0 Å². The molecular weight excluding hydrogens is 361 g/mol. The van der Waals surface area contributed by atoms with Crippen LogP contribution in [0.1, 0.15) is 10.4 Å². The Hall–Kier alpha value is -1.99. The Kier molecular flexibility index (Phi) is 5.01. The predicted molar refractivity (Wildman–Crippen MR) is 77.2 cm³/mol. The number of rotatable bonds is 3. The van der Waals surface area contributed by atoms with Gasteiger partial charge in [0.05, 0.1) is 17.2 Å². The molecule has 0 unspecified atom stereocenters. The highest BCUT2D eigenvalue weighted by atomic mass is 35.5. The summed E-state index contributed by atoms with van der Waals surface area (Å²) < 4.78 is 59.0. The SMILES string of the molecule is COc1c(F)c(F)c(C(=O)Nc2ccc(Cl)c(Cl)c2)c(F)c1F. The van der Waals surface area contributed by atoms with Crippen molar-refractivity contribution in [1.29, 1.82) is 0 Å². The van der Waals surface area contributed by atoms with E-state index in [4.69, 9.17) is 23.2 Å². The van der Waals surface area contributed by atoms with Gasteiger partial charge < -0.3 is 10.1 Å². The molecule has 23 heavy (non-hydrogen) atoms. The van der Waals surface area contributed by atoms with Crippen molar-refractivity contribution in [1.82, 2.24) is 0 Å². The number of methoxy groups -OCH3 is 1. The Morgan fingerprint density at radius 3 is 2.04 bits per heavy atom. The first-order chi connectivity index (χ1) is 10.8. The Labute approximate surface area is 137 Å². The first kappa shape index (κ1) is 17.4. The van der Waals surface area contributed by atoms with E-state index < -0.39 is 40.5 Å². The number of benzene rings is 2. The Morgan fingerprint density at radius 1 is 1.00 bits per heavy atom. The molecule has 2 aromatic rings. The molecule has 0 radical (unpaired) electrons. The van der Waals surface area contributed by atoms with Gasteiger partial charge in [-0.2, -0.15) is 8.78 Å². The lowest BCUT2D eigenvalue weighted by Crippen LogP contribution is -2.18. The highest BCUT2D eigenvalue weighted by Crippen LogP contribution is 2.31. The number of nitrogens with one attached hydrogen (secondary N) is 1. The quantitative estimate of drug-likeness (QED) is 0.624. The number of amides is 1. The lowest BCUT2D eigenvalue weighted by molar-refractivity contribution is 0.101. The van der Waals surface area contributed by atoms with Crippen molar-refractivity contribution >= 4 is 34.8 Å². The van der Waals surface area contributed by atoms with Gasteiger partial charge in [-0.1, -0.05) is 23.2 Å². The van der Waals surface area contributed by atoms with Crippen molar-refractivity contribution in [2.75, 3.05) is 12.4 Å². The Balaban J connectivity index is 2.45. The highest BCUT2D eigenvalue weighted by Gasteiger charge is 2.30. The number of hydrogen-bond acceptors (Lipinski definition) is 2. The molecule has 0 saturated heterocycles. The van der Waals surface area contributed by atoms with E-state index in [9.17, 15) is 22.4 Å². The van der Waals surface area contributed by atoms with Gasteiger partial charge in [0.25, 0.3) is 5.91 Å². The maximum atomic E-state index is 13.8. The first-order valence-electron chi connectivity index (χ1n) is 5.94. The van der Waals surface area contributed by atoms with E-state index in [2.05, 4.69) is 10.1 Å². The van der Waals surface area contributed by atoms with Gasteiger partial charge >= 0.3 is 0 Å². The maximum absolute atomic E-state index is 13.8. The van der Waals surface area contributed by atoms with Gasteiger partial charge in [0.1, 0.15) is 5.56 Å². The zero-order valence-corrected chi connectivity index (χ0v) is 12.8. The second kappa shape index (κ2) is 6.64. The molecule has 3 nitrogen and oxygen atoms in total. The van der Waals surface area contributed by atoms with E-state index in [1.807, 2.05) is 0 Å². The van der Waals surface area contributed by atoms with Crippen LogP contribution in [0.15, 0.2) is 18.2 Å². The van der Waals surface area contributed by atoms with Crippen molar-refractivity contribution in [3.05, 3.63) is 57.1 Å². The third kappa shape index (κ3) is 3.20. The average molecular weight is 368 g/mol. The lowest BCUT2D eigenvalue weighted by atomic mass is 10.1. The van der Waals surface area contributed by atoms with Crippen LogP contribution in [-0.4, -0.2) is 13.0 Å². The summed E-state index contributed by atoms with van der Waals surface area (Å²) in [5.41, 5.74) is -1.40. The minimum Gasteiger partial charge on any atom is -0.491 e. The van der Waals surface area contributed by atoms with Gasteiger partial charge in [-0.15, -0.1) is 0 Å².